The molecule has 0 fully saturated rings. The van der Waals surface area contributed by atoms with Crippen LogP contribution in [0.5, 0.6) is 0 Å². The summed E-state index contributed by atoms with van der Waals surface area (Å²) < 4.78 is 124. The van der Waals surface area contributed by atoms with Gasteiger partial charge in [0.2, 0.25) is 0 Å². The normalized spacial score (nSPS) is 16.1. The van der Waals surface area contributed by atoms with Crippen molar-refractivity contribution in [2.24, 2.45) is 0 Å². The molecule has 0 saturated carbocycles. The summed E-state index contributed by atoms with van der Waals surface area (Å²) in [6, 6.07) is 0. The van der Waals surface area contributed by atoms with Crippen molar-refractivity contribution in [2.75, 3.05) is 0 Å². The number of ether oxygens (including phenoxy) is 1. The molecule has 1 unspecified atom stereocenters. The van der Waals surface area contributed by atoms with Gasteiger partial charge in [-0.05, 0) is 0 Å². The van der Waals surface area contributed by atoms with Gasteiger partial charge < -0.3 is 0 Å². The Balaban J connectivity index is 0. The van der Waals surface area contributed by atoms with Crippen molar-refractivity contribution in [3.63, 3.8) is 0 Å². The molecule has 0 aromatic heterocycles. The number of rotatable bonds is 4. The molecule has 0 radical (unpaired) electrons. The van der Waals surface area contributed by atoms with Gasteiger partial charge in [0.25, 0.3) is 6.36 Å². The van der Waals surface area contributed by atoms with Gasteiger partial charge in [0.15, 0.2) is 0 Å². The standard InChI is InChI=1S/C4H2F8O4S.K.H/c5-1(2(6,7)17(13,14)15)16-4(11,12)3(8,9)10;;/h1H,(H,13,14,15);;. The van der Waals surface area contributed by atoms with E-state index < -0.39 is 34.0 Å². The van der Waals surface area contributed by atoms with Gasteiger partial charge in [-0.3, -0.25) is 9.29 Å². The maximum atomic E-state index is 12.2. The third-order valence-corrected chi connectivity index (χ3v) is 2.06. The monoisotopic (exact) mass is 338 g/mol. The molecule has 0 aliphatic heterocycles. The fourth-order valence-electron chi connectivity index (χ4n) is 0.382. The number of hydrogen-bond donors (Lipinski definition) is 1. The maximum absolute atomic E-state index is 12.2. The zero-order chi connectivity index (χ0) is 14.3. The van der Waals surface area contributed by atoms with Crippen LogP contribution >= 0.6 is 0 Å². The van der Waals surface area contributed by atoms with E-state index in [2.05, 4.69) is 0 Å². The Kier molecular flexibility index (Phi) is 7.26. The molecule has 1 atom stereocenters. The van der Waals surface area contributed by atoms with Gasteiger partial charge in [-0.1, -0.05) is 0 Å². The van der Waals surface area contributed by atoms with Gasteiger partial charge in [0.05, 0.1) is 0 Å². The van der Waals surface area contributed by atoms with E-state index in [1.165, 1.54) is 0 Å². The summed E-state index contributed by atoms with van der Waals surface area (Å²) in [7, 11) is -6.55. The van der Waals surface area contributed by atoms with Gasteiger partial charge in [-0.25, -0.2) is 4.39 Å². The molecular formula is C4H3F8KO4S. The molecule has 0 saturated heterocycles. The van der Waals surface area contributed by atoms with E-state index >= 15 is 0 Å². The first-order valence-electron chi connectivity index (χ1n) is 3.24. The van der Waals surface area contributed by atoms with Crippen LogP contribution in [0.25, 0.3) is 0 Å². The van der Waals surface area contributed by atoms with Crippen LogP contribution in [0.15, 0.2) is 0 Å². The molecule has 0 aromatic carbocycles. The second kappa shape index (κ2) is 6.15. The van der Waals surface area contributed by atoms with E-state index in [4.69, 9.17) is 4.55 Å². The predicted molar refractivity (Wildman–Crippen MR) is 40.6 cm³/mol. The third-order valence-electron chi connectivity index (χ3n) is 1.19. The van der Waals surface area contributed by atoms with Crippen LogP contribution in [0.3, 0.4) is 0 Å². The van der Waals surface area contributed by atoms with Crippen molar-refractivity contribution >= 4 is 61.5 Å². The Bertz CT molecular complexity index is 377. The second-order valence-electron chi connectivity index (χ2n) is 2.49. The van der Waals surface area contributed by atoms with Crippen molar-refractivity contribution in [1.29, 1.82) is 0 Å². The van der Waals surface area contributed by atoms with Gasteiger partial charge in [-0.15, -0.1) is 0 Å². The fourth-order valence-corrected chi connectivity index (χ4v) is 0.665. The van der Waals surface area contributed by atoms with Gasteiger partial charge >= 0.3 is 79.0 Å². The summed E-state index contributed by atoms with van der Waals surface area (Å²) in [6.45, 7) is 0. The topological polar surface area (TPSA) is 63.6 Å². The summed E-state index contributed by atoms with van der Waals surface area (Å²) in [4.78, 5) is 0. The molecule has 0 rings (SSSR count). The van der Waals surface area contributed by atoms with E-state index in [1.807, 2.05) is 4.74 Å². The summed E-state index contributed by atoms with van der Waals surface area (Å²) in [6.07, 6.45) is -17.8. The van der Waals surface area contributed by atoms with Gasteiger partial charge in [0, 0.05) is 0 Å². The average molecular weight is 338 g/mol. The quantitative estimate of drug-likeness (QED) is 0.477. The van der Waals surface area contributed by atoms with Crippen molar-refractivity contribution in [1.82, 2.24) is 0 Å². The number of hydrogen-bond acceptors (Lipinski definition) is 3. The molecule has 0 bridgehead atoms. The van der Waals surface area contributed by atoms with Gasteiger partial charge in [0.1, 0.15) is 0 Å². The van der Waals surface area contributed by atoms with Crippen molar-refractivity contribution < 1.29 is 52.8 Å². The minimum absolute atomic E-state index is 0. The van der Waals surface area contributed by atoms with Crippen LogP contribution in [0.4, 0.5) is 35.1 Å². The van der Waals surface area contributed by atoms with Crippen molar-refractivity contribution in [2.45, 2.75) is 23.9 Å². The summed E-state index contributed by atoms with van der Waals surface area (Å²) >= 11 is 0. The molecule has 106 valence electrons. The number of alkyl halides is 8. The Morgan fingerprint density at radius 3 is 1.56 bits per heavy atom. The fraction of sp³-hybridized carbons (Fsp3) is 1.00. The molecule has 0 aromatic rings. The summed E-state index contributed by atoms with van der Waals surface area (Å²) in [5, 5.41) is -5.97. The molecule has 18 heavy (non-hydrogen) atoms. The van der Waals surface area contributed by atoms with Crippen LogP contribution < -0.4 is 0 Å². The molecule has 1 N–H and O–H groups in total. The van der Waals surface area contributed by atoms with E-state index in [1.54, 1.807) is 0 Å². The van der Waals surface area contributed by atoms with E-state index in [-0.39, 0.29) is 51.4 Å². The first-order chi connectivity index (χ1) is 7.13. The molecule has 0 spiro atoms. The van der Waals surface area contributed by atoms with Crippen molar-refractivity contribution in [3.05, 3.63) is 0 Å². The third kappa shape index (κ3) is 4.81. The Labute approximate surface area is 137 Å². The zero-order valence-electron chi connectivity index (χ0n) is 7.18. The zero-order valence-corrected chi connectivity index (χ0v) is 8.00. The first kappa shape index (κ1) is 21.2. The van der Waals surface area contributed by atoms with Crippen LogP contribution in [0.2, 0.25) is 0 Å². The SMILES string of the molecule is O=S(=O)(O)C(F)(F)C(F)OC(F)(F)C(F)(F)F.[KH]. The van der Waals surface area contributed by atoms with E-state index in [0.29, 0.717) is 0 Å². The molecule has 0 aliphatic rings. The average Bonchev–Trinajstić information content (AvgIpc) is 1.98. The Morgan fingerprint density at radius 2 is 1.33 bits per heavy atom. The Hall–Kier alpha value is 0.946. The first-order valence-corrected chi connectivity index (χ1v) is 4.68. The summed E-state index contributed by atoms with van der Waals surface area (Å²) in [5.74, 6) is 0. The van der Waals surface area contributed by atoms with Gasteiger partial charge in [-0.2, -0.15) is 39.2 Å². The molecular weight excluding hydrogens is 335 g/mol. The number of halogens is 8. The molecule has 14 heteroatoms. The molecule has 4 nitrogen and oxygen atoms in total. The van der Waals surface area contributed by atoms with Crippen LogP contribution in [-0.4, -0.2) is 88.3 Å². The van der Waals surface area contributed by atoms with Crippen LogP contribution in [-0.2, 0) is 14.9 Å². The summed E-state index contributed by atoms with van der Waals surface area (Å²) in [5.41, 5.74) is 0. The second-order valence-corrected chi connectivity index (χ2v) is 3.98. The van der Waals surface area contributed by atoms with Crippen molar-refractivity contribution in [3.8, 4) is 0 Å². The van der Waals surface area contributed by atoms with E-state index in [9.17, 15) is 43.5 Å². The van der Waals surface area contributed by atoms with Crippen LogP contribution in [0.1, 0.15) is 0 Å². The predicted octanol–water partition coefficient (Wildman–Crippen LogP) is 1.29. The minimum atomic E-state index is -6.55. The Morgan fingerprint density at radius 1 is 1.00 bits per heavy atom. The molecule has 0 aliphatic carbocycles. The molecule has 0 heterocycles. The molecule has 0 amide bonds. The van der Waals surface area contributed by atoms with E-state index in [0.717, 1.165) is 0 Å². The van der Waals surface area contributed by atoms with Crippen LogP contribution in [0, 0.1) is 0 Å².